The number of methoxy groups -OCH3 is 1. The standard InChI is InChI=1S/C22H25BrN2O2/c1-25(2)12-11-20(26)21(15-7-5-4-6-8-15)18-14-16-13-17(23)9-10-19(16)24-22(18)27-3/h4-10,13-14,20-21,26H,11-12H2,1-3H3. The van der Waals surface area contributed by atoms with E-state index in [1.165, 1.54) is 0 Å². The number of aliphatic hydroxyl groups excluding tert-OH is 1. The molecular formula is C22H25BrN2O2. The average molecular weight is 429 g/mol. The van der Waals surface area contributed by atoms with Crippen LogP contribution in [0.5, 0.6) is 5.88 Å². The van der Waals surface area contributed by atoms with Crippen LogP contribution in [0.1, 0.15) is 23.5 Å². The van der Waals surface area contributed by atoms with Gasteiger partial charge in [-0.1, -0.05) is 46.3 Å². The Labute approximate surface area is 168 Å². The van der Waals surface area contributed by atoms with Crippen LogP contribution in [-0.2, 0) is 0 Å². The molecule has 0 spiro atoms. The van der Waals surface area contributed by atoms with Gasteiger partial charge >= 0.3 is 0 Å². The molecule has 0 fully saturated rings. The quantitative estimate of drug-likeness (QED) is 0.603. The van der Waals surface area contributed by atoms with Crippen molar-refractivity contribution in [3.8, 4) is 5.88 Å². The lowest BCUT2D eigenvalue weighted by molar-refractivity contribution is 0.134. The molecule has 4 nitrogen and oxygen atoms in total. The van der Waals surface area contributed by atoms with Crippen LogP contribution in [0, 0.1) is 0 Å². The van der Waals surface area contributed by atoms with Gasteiger partial charge in [0.05, 0.1) is 18.7 Å². The van der Waals surface area contributed by atoms with E-state index in [1.54, 1.807) is 7.11 Å². The molecule has 3 aromatic rings. The molecule has 142 valence electrons. The Hall–Kier alpha value is -1.95. The lowest BCUT2D eigenvalue weighted by atomic mass is 9.85. The molecular weight excluding hydrogens is 404 g/mol. The van der Waals surface area contributed by atoms with Crippen LogP contribution in [0.2, 0.25) is 0 Å². The molecule has 2 unspecified atom stereocenters. The first kappa shape index (κ1) is 19.8. The molecule has 0 bridgehead atoms. The maximum absolute atomic E-state index is 11.1. The molecule has 2 aromatic carbocycles. The highest BCUT2D eigenvalue weighted by atomic mass is 79.9. The van der Waals surface area contributed by atoms with Gasteiger partial charge in [-0.3, -0.25) is 0 Å². The van der Waals surface area contributed by atoms with Gasteiger partial charge in [-0.2, -0.15) is 0 Å². The third-order valence-electron chi connectivity index (χ3n) is 4.71. The predicted molar refractivity (Wildman–Crippen MR) is 113 cm³/mol. The Bertz CT molecular complexity index is 899. The molecule has 5 heteroatoms. The summed E-state index contributed by atoms with van der Waals surface area (Å²) in [5, 5.41) is 12.1. The molecule has 0 radical (unpaired) electrons. The monoisotopic (exact) mass is 428 g/mol. The molecule has 0 saturated heterocycles. The average Bonchev–Trinajstić information content (AvgIpc) is 2.66. The van der Waals surface area contributed by atoms with E-state index in [9.17, 15) is 5.11 Å². The number of ether oxygens (including phenoxy) is 1. The molecule has 0 aliphatic rings. The van der Waals surface area contributed by atoms with Gasteiger partial charge < -0.3 is 14.7 Å². The maximum Gasteiger partial charge on any atom is 0.217 e. The second-order valence-corrected chi connectivity index (χ2v) is 7.89. The van der Waals surface area contributed by atoms with Crippen molar-refractivity contribution < 1.29 is 9.84 Å². The van der Waals surface area contributed by atoms with E-state index in [0.717, 1.165) is 33.0 Å². The smallest absolute Gasteiger partial charge is 0.217 e. The fourth-order valence-corrected chi connectivity index (χ4v) is 3.74. The Kier molecular flexibility index (Phi) is 6.47. The van der Waals surface area contributed by atoms with Crippen molar-refractivity contribution in [3.05, 3.63) is 70.2 Å². The number of aliphatic hydroxyl groups is 1. The molecule has 2 atom stereocenters. The highest BCUT2D eigenvalue weighted by molar-refractivity contribution is 9.10. The first-order valence-corrected chi connectivity index (χ1v) is 9.81. The summed E-state index contributed by atoms with van der Waals surface area (Å²) in [6.45, 7) is 0.805. The molecule has 3 rings (SSSR count). The lowest BCUT2D eigenvalue weighted by Gasteiger charge is -2.26. The first-order chi connectivity index (χ1) is 13.0. The number of hydrogen-bond acceptors (Lipinski definition) is 4. The molecule has 1 N–H and O–H groups in total. The van der Waals surface area contributed by atoms with Crippen LogP contribution in [0.25, 0.3) is 10.9 Å². The normalized spacial score (nSPS) is 13.7. The van der Waals surface area contributed by atoms with E-state index >= 15 is 0 Å². The van der Waals surface area contributed by atoms with Gasteiger partial charge in [0.15, 0.2) is 0 Å². The topological polar surface area (TPSA) is 45.6 Å². The summed E-state index contributed by atoms with van der Waals surface area (Å²) in [6.07, 6.45) is 0.113. The fraction of sp³-hybridized carbons (Fsp3) is 0.318. The van der Waals surface area contributed by atoms with E-state index in [1.807, 2.05) is 62.6 Å². The van der Waals surface area contributed by atoms with Gasteiger partial charge in [0, 0.05) is 27.9 Å². The van der Waals surface area contributed by atoms with Crippen molar-refractivity contribution in [2.75, 3.05) is 27.7 Å². The van der Waals surface area contributed by atoms with Crippen LogP contribution >= 0.6 is 15.9 Å². The molecule has 0 aliphatic carbocycles. The van der Waals surface area contributed by atoms with E-state index in [4.69, 9.17) is 9.72 Å². The highest BCUT2D eigenvalue weighted by Gasteiger charge is 2.27. The van der Waals surface area contributed by atoms with Crippen molar-refractivity contribution >= 4 is 26.8 Å². The van der Waals surface area contributed by atoms with E-state index in [0.29, 0.717) is 12.3 Å². The number of hydrogen-bond donors (Lipinski definition) is 1. The summed E-state index contributed by atoms with van der Waals surface area (Å²) < 4.78 is 6.62. The summed E-state index contributed by atoms with van der Waals surface area (Å²) >= 11 is 3.53. The van der Waals surface area contributed by atoms with Crippen LogP contribution < -0.4 is 4.74 Å². The number of halogens is 1. The zero-order chi connectivity index (χ0) is 19.4. The summed E-state index contributed by atoms with van der Waals surface area (Å²) in [5.41, 5.74) is 2.83. The van der Waals surface area contributed by atoms with E-state index in [-0.39, 0.29) is 5.92 Å². The minimum absolute atomic E-state index is 0.211. The number of rotatable bonds is 7. The minimum atomic E-state index is -0.546. The zero-order valence-corrected chi connectivity index (χ0v) is 17.5. The van der Waals surface area contributed by atoms with Gasteiger partial charge in [0.1, 0.15) is 0 Å². The van der Waals surface area contributed by atoms with Crippen LogP contribution in [0.15, 0.2) is 59.1 Å². The number of benzene rings is 2. The van der Waals surface area contributed by atoms with Gasteiger partial charge in [-0.15, -0.1) is 0 Å². The van der Waals surface area contributed by atoms with E-state index < -0.39 is 6.10 Å². The summed E-state index contributed by atoms with van der Waals surface area (Å²) in [5.74, 6) is 0.347. The number of nitrogens with zero attached hydrogens (tertiary/aromatic N) is 2. The van der Waals surface area contributed by atoms with Gasteiger partial charge in [-0.25, -0.2) is 4.98 Å². The van der Waals surface area contributed by atoms with Crippen molar-refractivity contribution in [2.45, 2.75) is 18.4 Å². The minimum Gasteiger partial charge on any atom is -0.481 e. The maximum atomic E-state index is 11.1. The van der Waals surface area contributed by atoms with Crippen molar-refractivity contribution in [3.63, 3.8) is 0 Å². The second-order valence-electron chi connectivity index (χ2n) is 6.97. The fourth-order valence-electron chi connectivity index (χ4n) is 3.36. The largest absolute Gasteiger partial charge is 0.481 e. The summed E-state index contributed by atoms with van der Waals surface area (Å²) in [4.78, 5) is 6.78. The first-order valence-electron chi connectivity index (χ1n) is 9.01. The second kappa shape index (κ2) is 8.83. The van der Waals surface area contributed by atoms with Crippen LogP contribution in [-0.4, -0.2) is 48.8 Å². The highest BCUT2D eigenvalue weighted by Crippen LogP contribution is 2.37. The molecule has 1 heterocycles. The number of pyridine rings is 1. The summed E-state index contributed by atoms with van der Waals surface area (Å²) in [6, 6.07) is 18.1. The molecule has 27 heavy (non-hydrogen) atoms. The van der Waals surface area contributed by atoms with Crippen LogP contribution in [0.3, 0.4) is 0 Å². The van der Waals surface area contributed by atoms with Crippen molar-refractivity contribution in [1.82, 2.24) is 9.88 Å². The Morgan fingerprint density at radius 3 is 2.52 bits per heavy atom. The zero-order valence-electron chi connectivity index (χ0n) is 15.9. The van der Waals surface area contributed by atoms with Gasteiger partial charge in [0.2, 0.25) is 5.88 Å². The lowest BCUT2D eigenvalue weighted by Crippen LogP contribution is -2.26. The molecule has 0 aliphatic heterocycles. The third-order valence-corrected chi connectivity index (χ3v) is 5.21. The van der Waals surface area contributed by atoms with Crippen molar-refractivity contribution in [2.24, 2.45) is 0 Å². The number of aromatic nitrogens is 1. The van der Waals surface area contributed by atoms with Gasteiger partial charge in [0.25, 0.3) is 0 Å². The Balaban J connectivity index is 2.12. The predicted octanol–water partition coefficient (Wildman–Crippen LogP) is 4.45. The molecule has 1 aromatic heterocycles. The summed E-state index contributed by atoms with van der Waals surface area (Å²) in [7, 11) is 5.66. The molecule has 0 saturated carbocycles. The SMILES string of the molecule is COc1nc2ccc(Br)cc2cc1C(c1ccccc1)C(O)CCN(C)C. The Morgan fingerprint density at radius 1 is 1.11 bits per heavy atom. The van der Waals surface area contributed by atoms with Crippen LogP contribution in [0.4, 0.5) is 0 Å². The molecule has 0 amide bonds. The Morgan fingerprint density at radius 2 is 1.85 bits per heavy atom. The van der Waals surface area contributed by atoms with Crippen molar-refractivity contribution in [1.29, 1.82) is 0 Å². The van der Waals surface area contributed by atoms with Gasteiger partial charge in [-0.05, 0) is 50.3 Å². The number of fused-ring (bicyclic) bond motifs is 1. The third kappa shape index (κ3) is 4.67. The van der Waals surface area contributed by atoms with E-state index in [2.05, 4.69) is 26.9 Å².